The van der Waals surface area contributed by atoms with Crippen molar-refractivity contribution in [2.75, 3.05) is 51.7 Å². The number of alkyl halides is 3. The minimum absolute atomic E-state index is 0.0185. The summed E-state index contributed by atoms with van der Waals surface area (Å²) >= 11 is 0. The maximum atomic E-state index is 14.7. The zero-order chi connectivity index (χ0) is 34.3. The van der Waals surface area contributed by atoms with Crippen LogP contribution in [0.1, 0.15) is 18.4 Å². The number of rotatable bonds is 7. The Morgan fingerprint density at radius 1 is 0.816 bits per heavy atom. The standard InChI is InChI=1S/C38H35F3N6O2/c1-44(2)15-5-8-35(48)46-18-16-45(17-19-46)34-13-11-29(22-31(34)38(39,40)41)47-36(49)14-10-27-23-43-33-12-9-25(21-30(33)37(27)47)28-20-26-6-3-4-7-32(26)42-24-28/h3-4,6-7,9-14,20-24H,5,8,15-19H2,1-2H3. The molecule has 1 fully saturated rings. The molecule has 0 radical (unpaired) electrons. The summed E-state index contributed by atoms with van der Waals surface area (Å²) in [6, 6.07) is 22.5. The summed E-state index contributed by atoms with van der Waals surface area (Å²) in [4.78, 5) is 40.8. The smallest absolute Gasteiger partial charge is 0.367 e. The number of halogens is 3. The predicted octanol–water partition coefficient (Wildman–Crippen LogP) is 6.76. The molecule has 7 rings (SSSR count). The van der Waals surface area contributed by atoms with E-state index in [-0.39, 0.29) is 30.4 Å². The fourth-order valence-electron chi connectivity index (χ4n) is 6.64. The molecule has 3 aromatic carbocycles. The molecule has 1 saturated heterocycles. The van der Waals surface area contributed by atoms with E-state index in [0.29, 0.717) is 41.3 Å². The van der Waals surface area contributed by atoms with E-state index >= 15 is 0 Å². The number of piperazine rings is 1. The second-order valence-corrected chi connectivity index (χ2v) is 12.7. The van der Waals surface area contributed by atoms with Gasteiger partial charge in [-0.15, -0.1) is 0 Å². The maximum Gasteiger partial charge on any atom is 0.418 e. The molecule has 0 spiro atoms. The van der Waals surface area contributed by atoms with Gasteiger partial charge in [-0.1, -0.05) is 24.3 Å². The summed E-state index contributed by atoms with van der Waals surface area (Å²) < 4.78 is 45.5. The average molecular weight is 665 g/mol. The molecule has 0 saturated carbocycles. The van der Waals surface area contributed by atoms with E-state index in [1.54, 1.807) is 34.3 Å². The lowest BCUT2D eigenvalue weighted by molar-refractivity contribution is -0.137. The highest BCUT2D eigenvalue weighted by Gasteiger charge is 2.36. The Balaban J connectivity index is 1.27. The summed E-state index contributed by atoms with van der Waals surface area (Å²) in [7, 11) is 3.90. The molecule has 0 unspecified atom stereocenters. The van der Waals surface area contributed by atoms with Crippen molar-refractivity contribution in [1.29, 1.82) is 0 Å². The third-order valence-corrected chi connectivity index (χ3v) is 9.15. The predicted molar refractivity (Wildman–Crippen MR) is 187 cm³/mol. The molecule has 4 heterocycles. The Labute approximate surface area is 281 Å². The quantitative estimate of drug-likeness (QED) is 0.176. The Bertz CT molecular complexity index is 2260. The maximum absolute atomic E-state index is 14.7. The molecule has 1 aliphatic rings. The third kappa shape index (κ3) is 6.46. The van der Waals surface area contributed by atoms with E-state index in [0.717, 1.165) is 41.1 Å². The first-order valence-corrected chi connectivity index (χ1v) is 16.3. The molecule has 8 nitrogen and oxygen atoms in total. The molecule has 1 aliphatic heterocycles. The SMILES string of the molecule is CN(C)CCCC(=O)N1CCN(c2ccc(-n3c(=O)ccc4cnc5ccc(-c6cnc7ccccc7c6)cc5c43)cc2C(F)(F)F)CC1. The van der Waals surface area contributed by atoms with Gasteiger partial charge in [0.05, 0.1) is 27.8 Å². The summed E-state index contributed by atoms with van der Waals surface area (Å²) in [6.45, 7) is 2.03. The highest BCUT2D eigenvalue weighted by molar-refractivity contribution is 6.05. The minimum Gasteiger partial charge on any atom is -0.367 e. The molecule has 250 valence electrons. The van der Waals surface area contributed by atoms with Crippen molar-refractivity contribution in [2.24, 2.45) is 0 Å². The lowest BCUT2D eigenvalue weighted by atomic mass is 10.0. The molecular formula is C38H35F3N6O2. The van der Waals surface area contributed by atoms with Gasteiger partial charge in [-0.25, -0.2) is 0 Å². The van der Waals surface area contributed by atoms with Gasteiger partial charge >= 0.3 is 6.18 Å². The fourth-order valence-corrected chi connectivity index (χ4v) is 6.64. The van der Waals surface area contributed by atoms with Gasteiger partial charge in [-0.2, -0.15) is 13.2 Å². The lowest BCUT2D eigenvalue weighted by Crippen LogP contribution is -2.49. The average Bonchev–Trinajstić information content (AvgIpc) is 3.10. The number of carbonyl (C=O) groups is 1. The second kappa shape index (κ2) is 13.0. The van der Waals surface area contributed by atoms with Gasteiger partial charge in [-0.3, -0.25) is 24.1 Å². The van der Waals surface area contributed by atoms with Crippen LogP contribution in [0.3, 0.4) is 0 Å². The van der Waals surface area contributed by atoms with E-state index in [2.05, 4.69) is 9.97 Å². The monoisotopic (exact) mass is 664 g/mol. The number of anilines is 1. The van der Waals surface area contributed by atoms with Crippen molar-refractivity contribution >= 4 is 44.3 Å². The second-order valence-electron chi connectivity index (χ2n) is 12.7. The van der Waals surface area contributed by atoms with Gasteiger partial charge in [-0.05, 0) is 81.2 Å². The van der Waals surface area contributed by atoms with Gasteiger partial charge in [0.2, 0.25) is 5.91 Å². The molecular weight excluding hydrogens is 629 g/mol. The van der Waals surface area contributed by atoms with Crippen LogP contribution in [-0.2, 0) is 11.0 Å². The topological polar surface area (TPSA) is 74.6 Å². The van der Waals surface area contributed by atoms with Crippen LogP contribution in [0.15, 0.2) is 96.1 Å². The molecule has 0 atom stereocenters. The molecule has 49 heavy (non-hydrogen) atoms. The number of hydrogen-bond donors (Lipinski definition) is 0. The van der Waals surface area contributed by atoms with Crippen LogP contribution >= 0.6 is 0 Å². The number of aromatic nitrogens is 3. The Hall–Kier alpha value is -5.29. The van der Waals surface area contributed by atoms with Crippen LogP contribution in [0.4, 0.5) is 18.9 Å². The van der Waals surface area contributed by atoms with E-state index in [1.165, 1.54) is 16.7 Å². The van der Waals surface area contributed by atoms with Gasteiger partial charge < -0.3 is 14.7 Å². The highest BCUT2D eigenvalue weighted by Crippen LogP contribution is 2.39. The summed E-state index contributed by atoms with van der Waals surface area (Å²) in [5.41, 5.74) is 2.48. The van der Waals surface area contributed by atoms with Gasteiger partial charge in [0.25, 0.3) is 5.56 Å². The Morgan fingerprint density at radius 3 is 2.37 bits per heavy atom. The highest BCUT2D eigenvalue weighted by atomic mass is 19.4. The molecule has 0 aliphatic carbocycles. The van der Waals surface area contributed by atoms with E-state index in [4.69, 9.17) is 0 Å². The first-order chi connectivity index (χ1) is 23.6. The largest absolute Gasteiger partial charge is 0.418 e. The van der Waals surface area contributed by atoms with Crippen molar-refractivity contribution in [1.82, 2.24) is 24.3 Å². The Morgan fingerprint density at radius 2 is 1.59 bits per heavy atom. The molecule has 0 bridgehead atoms. The molecule has 6 aromatic rings. The number of hydrogen-bond acceptors (Lipinski definition) is 6. The van der Waals surface area contributed by atoms with Crippen molar-refractivity contribution in [2.45, 2.75) is 19.0 Å². The first kappa shape index (κ1) is 32.3. The van der Waals surface area contributed by atoms with Gasteiger partial charge in [0, 0.05) is 78.5 Å². The number of nitrogens with zero attached hydrogens (tertiary/aromatic N) is 6. The van der Waals surface area contributed by atoms with Gasteiger partial charge in [0.15, 0.2) is 0 Å². The molecule has 3 aromatic heterocycles. The third-order valence-electron chi connectivity index (χ3n) is 9.15. The molecule has 1 amide bonds. The Kier molecular flexibility index (Phi) is 8.54. The lowest BCUT2D eigenvalue weighted by Gasteiger charge is -2.37. The number of benzene rings is 3. The first-order valence-electron chi connectivity index (χ1n) is 16.3. The zero-order valence-electron chi connectivity index (χ0n) is 27.2. The summed E-state index contributed by atoms with van der Waals surface area (Å²) in [5.74, 6) is 0.0185. The number of carbonyl (C=O) groups excluding carboxylic acids is 1. The van der Waals surface area contributed by atoms with Crippen molar-refractivity contribution in [3.63, 3.8) is 0 Å². The number of amides is 1. The number of fused-ring (bicyclic) bond motifs is 4. The van der Waals surface area contributed by atoms with Crippen LogP contribution in [0.5, 0.6) is 0 Å². The van der Waals surface area contributed by atoms with E-state index in [9.17, 15) is 22.8 Å². The normalized spacial score (nSPS) is 14.0. The number of pyridine rings is 3. The minimum atomic E-state index is -4.68. The molecule has 11 heteroatoms. The van der Waals surface area contributed by atoms with Crippen molar-refractivity contribution < 1.29 is 18.0 Å². The van der Waals surface area contributed by atoms with Crippen LogP contribution < -0.4 is 10.5 Å². The zero-order valence-corrected chi connectivity index (χ0v) is 27.2. The summed E-state index contributed by atoms with van der Waals surface area (Å²) in [6.07, 6.45) is -0.133. The van der Waals surface area contributed by atoms with Gasteiger partial charge in [0.1, 0.15) is 0 Å². The van der Waals surface area contributed by atoms with Crippen molar-refractivity contribution in [3.8, 4) is 16.8 Å². The van der Waals surface area contributed by atoms with E-state index < -0.39 is 17.3 Å². The summed E-state index contributed by atoms with van der Waals surface area (Å²) in [5, 5.41) is 2.22. The van der Waals surface area contributed by atoms with Crippen LogP contribution in [-0.4, -0.2) is 77.1 Å². The van der Waals surface area contributed by atoms with Crippen LogP contribution in [0, 0.1) is 0 Å². The number of para-hydroxylation sites is 1. The molecule has 0 N–H and O–H groups in total. The van der Waals surface area contributed by atoms with Crippen molar-refractivity contribution in [3.05, 3.63) is 107 Å². The van der Waals surface area contributed by atoms with E-state index in [1.807, 2.05) is 67.5 Å². The fraction of sp³-hybridized carbons (Fsp3) is 0.263. The van der Waals surface area contributed by atoms with Crippen LogP contribution in [0.2, 0.25) is 0 Å². The van der Waals surface area contributed by atoms with Crippen LogP contribution in [0.25, 0.3) is 49.5 Å².